The average Bonchev–Trinajstić information content (AvgIpc) is 2.61. The van der Waals surface area contributed by atoms with Crippen molar-refractivity contribution in [1.82, 2.24) is 4.98 Å². The third-order valence-corrected chi connectivity index (χ3v) is 3.91. The van der Waals surface area contributed by atoms with Gasteiger partial charge in [0.1, 0.15) is 11.5 Å². The van der Waals surface area contributed by atoms with Crippen LogP contribution in [0.3, 0.4) is 0 Å². The van der Waals surface area contributed by atoms with Crippen LogP contribution in [0.15, 0.2) is 60.8 Å². The van der Waals surface area contributed by atoms with Crippen LogP contribution in [0.25, 0.3) is 0 Å². The number of anilines is 3. The zero-order chi connectivity index (χ0) is 17.8. The van der Waals surface area contributed by atoms with E-state index in [1.807, 2.05) is 18.2 Å². The number of rotatable bonds is 4. The first-order chi connectivity index (χ1) is 12.0. The Morgan fingerprint density at radius 2 is 1.72 bits per heavy atom. The number of nitrogens with zero attached hydrogens (tertiary/aromatic N) is 1. The summed E-state index contributed by atoms with van der Waals surface area (Å²) >= 11 is 0. The lowest BCUT2D eigenvalue weighted by molar-refractivity contribution is 0.102. The molecular formula is C20H18FN3O. The molecule has 0 aliphatic rings. The number of halogens is 1. The number of hydrogen-bond donors (Lipinski definition) is 2. The van der Waals surface area contributed by atoms with Gasteiger partial charge in [0.15, 0.2) is 0 Å². The van der Waals surface area contributed by atoms with Gasteiger partial charge in [0.2, 0.25) is 0 Å². The van der Waals surface area contributed by atoms with E-state index < -0.39 is 11.7 Å². The van der Waals surface area contributed by atoms with Crippen molar-refractivity contribution in [3.8, 4) is 0 Å². The van der Waals surface area contributed by atoms with Crippen LogP contribution in [-0.4, -0.2) is 10.9 Å². The minimum absolute atomic E-state index is 0.131. The monoisotopic (exact) mass is 335 g/mol. The molecule has 3 rings (SSSR count). The number of benzene rings is 2. The lowest BCUT2D eigenvalue weighted by Crippen LogP contribution is -2.14. The van der Waals surface area contributed by atoms with Crippen LogP contribution in [0.2, 0.25) is 0 Å². The van der Waals surface area contributed by atoms with Crippen molar-refractivity contribution in [2.45, 2.75) is 13.8 Å². The van der Waals surface area contributed by atoms with Crippen molar-refractivity contribution >= 4 is 23.0 Å². The molecule has 0 aliphatic carbocycles. The molecule has 0 saturated heterocycles. The van der Waals surface area contributed by atoms with Gasteiger partial charge in [-0.2, -0.15) is 0 Å². The second kappa shape index (κ2) is 7.13. The van der Waals surface area contributed by atoms with E-state index in [0.717, 1.165) is 11.4 Å². The zero-order valence-corrected chi connectivity index (χ0v) is 14.0. The maximum atomic E-state index is 13.6. The van der Waals surface area contributed by atoms with E-state index in [4.69, 9.17) is 0 Å². The van der Waals surface area contributed by atoms with Gasteiger partial charge >= 0.3 is 0 Å². The van der Waals surface area contributed by atoms with Crippen molar-refractivity contribution < 1.29 is 9.18 Å². The van der Waals surface area contributed by atoms with Crippen LogP contribution < -0.4 is 10.6 Å². The maximum absolute atomic E-state index is 13.6. The van der Waals surface area contributed by atoms with Crippen LogP contribution >= 0.6 is 0 Å². The topological polar surface area (TPSA) is 54.0 Å². The van der Waals surface area contributed by atoms with Crippen molar-refractivity contribution in [3.63, 3.8) is 0 Å². The summed E-state index contributed by atoms with van der Waals surface area (Å²) < 4.78 is 13.6. The highest BCUT2D eigenvalue weighted by Gasteiger charge is 2.10. The molecule has 2 N–H and O–H groups in total. The highest BCUT2D eigenvalue weighted by Crippen LogP contribution is 2.19. The van der Waals surface area contributed by atoms with E-state index in [1.165, 1.54) is 23.3 Å². The predicted octanol–water partition coefficient (Wildman–Crippen LogP) is 4.83. The quantitative estimate of drug-likeness (QED) is 0.718. The van der Waals surface area contributed by atoms with E-state index in [9.17, 15) is 9.18 Å². The van der Waals surface area contributed by atoms with Gasteiger partial charge in [-0.3, -0.25) is 4.79 Å². The summed E-state index contributed by atoms with van der Waals surface area (Å²) in [5, 5.41) is 5.76. The average molecular weight is 335 g/mol. The largest absolute Gasteiger partial charge is 0.354 e. The van der Waals surface area contributed by atoms with Gasteiger partial charge in [0, 0.05) is 5.69 Å². The Balaban J connectivity index is 1.70. The highest BCUT2D eigenvalue weighted by atomic mass is 19.1. The number of aromatic nitrogens is 1. The van der Waals surface area contributed by atoms with Gasteiger partial charge in [0.05, 0.1) is 17.6 Å². The molecule has 126 valence electrons. The van der Waals surface area contributed by atoms with Crippen LogP contribution in [0, 0.1) is 19.7 Å². The number of nitrogens with one attached hydrogen (secondary N) is 2. The van der Waals surface area contributed by atoms with E-state index in [1.54, 1.807) is 30.5 Å². The lowest BCUT2D eigenvalue weighted by atomic mass is 10.1. The van der Waals surface area contributed by atoms with E-state index in [0.29, 0.717) is 0 Å². The van der Waals surface area contributed by atoms with Gasteiger partial charge < -0.3 is 10.6 Å². The zero-order valence-electron chi connectivity index (χ0n) is 14.0. The van der Waals surface area contributed by atoms with E-state index in [-0.39, 0.29) is 11.4 Å². The molecule has 1 amide bonds. The fourth-order valence-electron chi connectivity index (χ4n) is 2.34. The van der Waals surface area contributed by atoms with Gasteiger partial charge in [0.25, 0.3) is 5.91 Å². The second-order valence-electron chi connectivity index (χ2n) is 5.79. The Kier molecular flexibility index (Phi) is 4.75. The summed E-state index contributed by atoms with van der Waals surface area (Å²) in [4.78, 5) is 16.3. The molecule has 0 bridgehead atoms. The van der Waals surface area contributed by atoms with Crippen molar-refractivity contribution in [2.75, 3.05) is 10.6 Å². The van der Waals surface area contributed by atoms with Crippen molar-refractivity contribution in [3.05, 3.63) is 83.4 Å². The molecule has 0 atom stereocenters. The number of aryl methyl sites for hydroxylation is 2. The first-order valence-electron chi connectivity index (χ1n) is 7.89. The third kappa shape index (κ3) is 4.01. The summed E-state index contributed by atoms with van der Waals surface area (Å²) in [6.45, 7) is 4.11. The molecule has 2 aromatic carbocycles. The molecule has 3 aromatic rings. The van der Waals surface area contributed by atoms with Crippen LogP contribution in [0.4, 0.5) is 21.5 Å². The van der Waals surface area contributed by atoms with Crippen LogP contribution in [0.1, 0.15) is 21.6 Å². The predicted molar refractivity (Wildman–Crippen MR) is 97.8 cm³/mol. The number of pyridine rings is 1. The fourth-order valence-corrected chi connectivity index (χ4v) is 2.34. The molecule has 0 fully saturated rings. The van der Waals surface area contributed by atoms with Crippen molar-refractivity contribution in [2.24, 2.45) is 0 Å². The first kappa shape index (κ1) is 16.6. The molecule has 0 unspecified atom stereocenters. The molecule has 1 heterocycles. The maximum Gasteiger partial charge on any atom is 0.274 e. The number of hydrogen-bond acceptors (Lipinski definition) is 3. The summed E-state index contributed by atoms with van der Waals surface area (Å²) in [5.41, 5.74) is 4.49. The summed E-state index contributed by atoms with van der Waals surface area (Å²) in [5.74, 6) is -0.938. The smallest absolute Gasteiger partial charge is 0.274 e. The summed E-state index contributed by atoms with van der Waals surface area (Å²) in [6.07, 6.45) is 1.57. The Morgan fingerprint density at radius 3 is 2.40 bits per heavy atom. The number of amides is 1. The highest BCUT2D eigenvalue weighted by molar-refractivity contribution is 6.03. The molecule has 1 aromatic heterocycles. The molecule has 0 saturated carbocycles. The molecule has 0 aliphatic heterocycles. The van der Waals surface area contributed by atoms with Gasteiger partial charge in [-0.05, 0) is 61.4 Å². The van der Waals surface area contributed by atoms with E-state index in [2.05, 4.69) is 29.5 Å². The lowest BCUT2D eigenvalue weighted by Gasteiger charge is -2.09. The molecule has 4 nitrogen and oxygen atoms in total. The first-order valence-corrected chi connectivity index (χ1v) is 7.89. The molecule has 0 spiro atoms. The van der Waals surface area contributed by atoms with Crippen molar-refractivity contribution in [1.29, 1.82) is 0 Å². The van der Waals surface area contributed by atoms with Gasteiger partial charge in [-0.25, -0.2) is 9.37 Å². The third-order valence-electron chi connectivity index (χ3n) is 3.91. The van der Waals surface area contributed by atoms with Gasteiger partial charge in [-0.15, -0.1) is 0 Å². The minimum Gasteiger partial charge on any atom is -0.354 e. The minimum atomic E-state index is -0.483. The Labute approximate surface area is 145 Å². The SMILES string of the molecule is Cc1ccc(Nc2ccc(C(=O)Nc3ccccc3F)nc2)cc1C. The molecule has 25 heavy (non-hydrogen) atoms. The van der Waals surface area contributed by atoms with Gasteiger partial charge in [-0.1, -0.05) is 18.2 Å². The molecule has 5 heteroatoms. The standard InChI is InChI=1S/C20H18FN3O/c1-13-7-8-15(11-14(13)2)23-16-9-10-19(22-12-16)20(25)24-18-6-4-3-5-17(18)21/h3-12,23H,1-2H3,(H,24,25). The normalized spacial score (nSPS) is 10.4. The van der Waals surface area contributed by atoms with Crippen LogP contribution in [0.5, 0.6) is 0 Å². The summed E-state index contributed by atoms with van der Waals surface area (Å²) in [7, 11) is 0. The molecule has 0 radical (unpaired) electrons. The van der Waals surface area contributed by atoms with Crippen LogP contribution in [-0.2, 0) is 0 Å². The number of para-hydroxylation sites is 1. The Hall–Kier alpha value is -3.21. The Bertz CT molecular complexity index is 907. The van der Waals surface area contributed by atoms with E-state index >= 15 is 0 Å². The summed E-state index contributed by atoms with van der Waals surface area (Å²) in [6, 6.07) is 15.5. The second-order valence-corrected chi connectivity index (χ2v) is 5.79. The number of carbonyl (C=O) groups is 1. The molecular weight excluding hydrogens is 317 g/mol. The fraction of sp³-hybridized carbons (Fsp3) is 0.100. The number of carbonyl (C=O) groups excluding carboxylic acids is 1. The Morgan fingerprint density at radius 1 is 0.960 bits per heavy atom.